The summed E-state index contributed by atoms with van der Waals surface area (Å²) in [5, 5.41) is 0. The summed E-state index contributed by atoms with van der Waals surface area (Å²) in [5.74, 6) is 3.45. The topological polar surface area (TPSA) is 34.1 Å². The molecule has 0 aromatic rings. The highest BCUT2D eigenvalue weighted by atomic mass is 35.5. The highest BCUT2D eigenvalue weighted by Crippen LogP contribution is 2.06. The van der Waals surface area contributed by atoms with Gasteiger partial charge in [-0.05, 0) is 9.29 Å². The first kappa shape index (κ1) is 14.2. The summed E-state index contributed by atoms with van der Waals surface area (Å²) in [7, 11) is 0. The van der Waals surface area contributed by atoms with E-state index in [0.717, 1.165) is 0 Å². The van der Waals surface area contributed by atoms with Crippen LogP contribution in [-0.2, 0) is 9.59 Å². The monoisotopic (exact) mass is 203 g/mol. The van der Waals surface area contributed by atoms with E-state index in [1.54, 1.807) is 11.6 Å². The van der Waals surface area contributed by atoms with Crippen molar-refractivity contribution < 1.29 is 9.59 Å². The number of hydrogen-bond acceptors (Lipinski definition) is 2. The Kier molecular flexibility index (Phi) is 6.28. The Labute approximate surface area is 81.4 Å². The smallest absolute Gasteiger partial charge is 0.309 e. The Morgan fingerprint density at radius 3 is 1.50 bits per heavy atom. The van der Waals surface area contributed by atoms with E-state index in [1.807, 2.05) is 0 Å². The minimum absolute atomic E-state index is 0. The largest absolute Gasteiger partial charge is 0.350 e. The summed E-state index contributed by atoms with van der Waals surface area (Å²) in [6, 6.07) is 0. The van der Waals surface area contributed by atoms with E-state index in [0.29, 0.717) is 0 Å². The maximum atomic E-state index is 11.1. The molecule has 0 bridgehead atoms. The molecule has 0 aromatic carbocycles. The van der Waals surface area contributed by atoms with Crippen molar-refractivity contribution in [1.82, 2.24) is 0 Å². The molecule has 0 aromatic heterocycles. The molecule has 0 atom stereocenters. The van der Waals surface area contributed by atoms with Gasteiger partial charge in [-0.2, -0.15) is 11.6 Å². The van der Waals surface area contributed by atoms with Crippen LogP contribution >= 0.6 is 12.4 Å². The molecule has 0 radical (unpaired) electrons. The molecule has 0 spiro atoms. The zero-order valence-corrected chi connectivity index (χ0v) is 9.34. The van der Waals surface area contributed by atoms with Crippen LogP contribution in [0.15, 0.2) is 25.3 Å². The fraction of sp³-hybridized carbons (Fsp3) is 0.250. The molecule has 0 N–H and O–H groups in total. The van der Waals surface area contributed by atoms with E-state index in [1.165, 1.54) is 12.2 Å². The summed E-state index contributed by atoms with van der Waals surface area (Å²) in [6.07, 6.45) is 2.46. The molecular formula is C8H13AlClO2-. The standard InChI is InChI=1S/2C3H3O.2CH3.Al.ClH/c2*1-2-3-4;;;;/h2*2H,1H2;2*1H3;;1H/q;;;;-1;. The van der Waals surface area contributed by atoms with Crippen molar-refractivity contribution in [3.63, 3.8) is 0 Å². The lowest BCUT2D eigenvalue weighted by molar-refractivity contribution is -0.112. The van der Waals surface area contributed by atoms with Gasteiger partial charge in [0.2, 0.25) is 0 Å². The first-order chi connectivity index (χ1) is 4.96. The maximum absolute atomic E-state index is 11.1. The van der Waals surface area contributed by atoms with Crippen LogP contribution in [0.2, 0.25) is 11.6 Å². The van der Waals surface area contributed by atoms with Gasteiger partial charge < -0.3 is 9.59 Å². The van der Waals surface area contributed by atoms with Crippen LogP contribution in [0.5, 0.6) is 0 Å². The number of halogens is 1. The van der Waals surface area contributed by atoms with Gasteiger partial charge in [0.05, 0.1) is 0 Å². The summed E-state index contributed by atoms with van der Waals surface area (Å²) in [6.45, 7) is 6.70. The van der Waals surface area contributed by atoms with Crippen LogP contribution in [0, 0.1) is 0 Å². The lowest BCUT2D eigenvalue weighted by Crippen LogP contribution is -2.44. The molecular weight excluding hydrogens is 191 g/mol. The van der Waals surface area contributed by atoms with Crippen molar-refractivity contribution >= 4 is 34.8 Å². The van der Waals surface area contributed by atoms with Crippen LogP contribution in [0.25, 0.3) is 0 Å². The minimum atomic E-state index is -2.71. The molecule has 0 amide bonds. The van der Waals surface area contributed by atoms with Gasteiger partial charge in [0, 0.05) is 0 Å². The Morgan fingerprint density at radius 2 is 1.33 bits per heavy atom. The Bertz CT molecular complexity index is 199. The normalized spacial score (nSPS) is 9.50. The van der Waals surface area contributed by atoms with Gasteiger partial charge in [-0.3, -0.25) is 0 Å². The Hall–Kier alpha value is -0.358. The quantitative estimate of drug-likeness (QED) is 0.515. The number of hydrogen-bond donors (Lipinski definition) is 0. The first-order valence-corrected chi connectivity index (χ1v) is 7.00. The summed E-state index contributed by atoms with van der Waals surface area (Å²) >= 11 is -2.71. The lowest BCUT2D eigenvalue weighted by Gasteiger charge is -2.18. The number of allylic oxidation sites excluding steroid dienone is 2. The van der Waals surface area contributed by atoms with Crippen LogP contribution in [0.4, 0.5) is 0 Å². The fourth-order valence-corrected chi connectivity index (χ4v) is 2.19. The molecule has 0 heterocycles. The van der Waals surface area contributed by atoms with Crippen LogP contribution < -0.4 is 0 Å². The van der Waals surface area contributed by atoms with Gasteiger partial charge in [0.15, 0.2) is 0 Å². The van der Waals surface area contributed by atoms with Gasteiger partial charge >= 0.3 is 13.1 Å². The van der Waals surface area contributed by atoms with Crippen LogP contribution in [0.1, 0.15) is 0 Å². The Balaban J connectivity index is 0. The number of rotatable bonds is 4. The first-order valence-electron chi connectivity index (χ1n) is 3.53. The maximum Gasteiger partial charge on any atom is 0.309 e. The third-order valence-electron chi connectivity index (χ3n) is 1.82. The number of carbonyl (C=O) groups excluding carboxylic acids is 2. The van der Waals surface area contributed by atoms with E-state index in [9.17, 15) is 9.59 Å². The van der Waals surface area contributed by atoms with E-state index in [-0.39, 0.29) is 21.7 Å². The predicted molar refractivity (Wildman–Crippen MR) is 55.1 cm³/mol. The summed E-state index contributed by atoms with van der Waals surface area (Å²) < 4.78 is -0.218. The third-order valence-corrected chi connectivity index (χ3v) is 5.14. The molecule has 0 aliphatic rings. The lowest BCUT2D eigenvalue weighted by atomic mass is 10.7. The molecule has 0 unspecified atom stereocenters. The molecule has 12 heavy (non-hydrogen) atoms. The van der Waals surface area contributed by atoms with Crippen molar-refractivity contribution in [2.45, 2.75) is 11.6 Å². The fourth-order valence-electron chi connectivity index (χ4n) is 0.729. The zero-order chi connectivity index (χ0) is 9.07. The van der Waals surface area contributed by atoms with Crippen molar-refractivity contribution in [1.29, 1.82) is 0 Å². The van der Waals surface area contributed by atoms with Crippen LogP contribution in [-0.4, -0.2) is 22.4 Å². The molecule has 2 nitrogen and oxygen atoms in total. The molecule has 4 heteroatoms. The van der Waals surface area contributed by atoms with Crippen molar-refractivity contribution in [3.8, 4) is 0 Å². The van der Waals surface area contributed by atoms with E-state index >= 15 is 0 Å². The summed E-state index contributed by atoms with van der Waals surface area (Å²) in [5.41, 5.74) is 0. The second kappa shape index (κ2) is 5.32. The zero-order valence-electron chi connectivity index (χ0n) is 7.37. The molecule has 0 aliphatic heterocycles. The molecule has 0 aliphatic carbocycles. The van der Waals surface area contributed by atoms with E-state index in [2.05, 4.69) is 13.2 Å². The minimum Gasteiger partial charge on any atom is -0.350 e. The highest BCUT2D eigenvalue weighted by Gasteiger charge is 2.30. The van der Waals surface area contributed by atoms with Gasteiger partial charge in [-0.1, -0.05) is 25.3 Å². The SMILES string of the molecule is C=C[C](=O)[Al-]([CH3])([CH3])[C](=O)C=C.Cl. The third kappa shape index (κ3) is 2.94. The molecule has 0 rings (SSSR count). The second-order valence-electron chi connectivity index (χ2n) is 3.09. The molecule has 68 valence electrons. The Morgan fingerprint density at radius 1 is 1.08 bits per heavy atom. The van der Waals surface area contributed by atoms with Crippen molar-refractivity contribution in [2.24, 2.45) is 0 Å². The molecule has 0 saturated heterocycles. The molecule has 0 fully saturated rings. The summed E-state index contributed by atoms with van der Waals surface area (Å²) in [4.78, 5) is 22.2. The number of carbonyl (C=O) groups is 2. The van der Waals surface area contributed by atoms with E-state index in [4.69, 9.17) is 0 Å². The van der Waals surface area contributed by atoms with Gasteiger partial charge in [0.1, 0.15) is 0 Å². The van der Waals surface area contributed by atoms with E-state index < -0.39 is 13.1 Å². The van der Waals surface area contributed by atoms with Crippen molar-refractivity contribution in [2.75, 3.05) is 0 Å². The molecule has 0 saturated carbocycles. The van der Waals surface area contributed by atoms with Gasteiger partial charge in [-0.25, -0.2) is 0 Å². The average molecular weight is 204 g/mol. The van der Waals surface area contributed by atoms with Crippen molar-refractivity contribution in [3.05, 3.63) is 25.3 Å². The van der Waals surface area contributed by atoms with Gasteiger partial charge in [0.25, 0.3) is 0 Å². The van der Waals surface area contributed by atoms with Crippen LogP contribution in [0.3, 0.4) is 0 Å². The predicted octanol–water partition coefficient (Wildman–Crippen LogP) is 1.71. The second-order valence-corrected chi connectivity index (χ2v) is 7.98. The van der Waals surface area contributed by atoms with Gasteiger partial charge in [-0.15, -0.1) is 12.4 Å². The highest BCUT2D eigenvalue weighted by molar-refractivity contribution is 7.25. The average Bonchev–Trinajstić information content (AvgIpc) is 2.01.